The van der Waals surface area contributed by atoms with Crippen molar-refractivity contribution in [3.63, 3.8) is 0 Å². The van der Waals surface area contributed by atoms with E-state index >= 15 is 0 Å². The third-order valence-corrected chi connectivity index (χ3v) is 4.98. The summed E-state index contributed by atoms with van der Waals surface area (Å²) in [6.07, 6.45) is 1.10. The molecule has 1 aromatic rings. The number of nitrogens with zero attached hydrogens (tertiary/aromatic N) is 1. The van der Waals surface area contributed by atoms with Gasteiger partial charge in [-0.05, 0) is 41.4 Å². The second-order valence-corrected chi connectivity index (χ2v) is 8.92. The zero-order chi connectivity index (χ0) is 20.9. The number of benzene rings is 1. The van der Waals surface area contributed by atoms with Gasteiger partial charge in [-0.2, -0.15) is 0 Å². The number of hydrogen-bond donors (Lipinski definition) is 1. The van der Waals surface area contributed by atoms with E-state index in [1.54, 1.807) is 17.0 Å². The van der Waals surface area contributed by atoms with Crippen molar-refractivity contribution >= 4 is 17.8 Å². The molecule has 0 bridgehead atoms. The Labute approximate surface area is 167 Å². The highest BCUT2D eigenvalue weighted by molar-refractivity contribution is 5.96. The Hall–Kier alpha value is -2.37. The van der Waals surface area contributed by atoms with Crippen molar-refractivity contribution in [1.29, 1.82) is 0 Å². The van der Waals surface area contributed by atoms with E-state index in [1.807, 2.05) is 12.1 Å². The third-order valence-electron chi connectivity index (χ3n) is 4.98. The van der Waals surface area contributed by atoms with Crippen LogP contribution in [0.5, 0.6) is 0 Å². The Balaban J connectivity index is 1.76. The van der Waals surface area contributed by atoms with Crippen LogP contribution < -0.4 is 5.32 Å². The number of esters is 1. The quantitative estimate of drug-likeness (QED) is 0.787. The van der Waals surface area contributed by atoms with E-state index in [4.69, 9.17) is 4.74 Å². The molecule has 6 nitrogen and oxygen atoms in total. The molecule has 2 rings (SSSR count). The number of nitrogens with one attached hydrogen (secondary N) is 1. The topological polar surface area (TPSA) is 75.7 Å². The van der Waals surface area contributed by atoms with Gasteiger partial charge >= 0.3 is 5.97 Å². The summed E-state index contributed by atoms with van der Waals surface area (Å²) in [7, 11) is 0. The van der Waals surface area contributed by atoms with Crippen LogP contribution in [0.25, 0.3) is 0 Å². The molecule has 2 atom stereocenters. The molecule has 0 aromatic heterocycles. The summed E-state index contributed by atoms with van der Waals surface area (Å²) in [6, 6.07) is 7.30. The zero-order valence-corrected chi connectivity index (χ0v) is 17.6. The van der Waals surface area contributed by atoms with Crippen LogP contribution in [-0.2, 0) is 19.7 Å². The normalized spacial score (nSPS) is 19.8. The SMILES string of the molecule is C[C@@H]1C[C@@H](C)CN(C(=O)COC(=O)CNC(=O)c2ccc(C(C)(C)C)cc2)C1. The molecule has 1 fully saturated rings. The first-order valence-corrected chi connectivity index (χ1v) is 9.88. The number of ether oxygens (including phenoxy) is 1. The van der Waals surface area contributed by atoms with Crippen LogP contribution in [-0.4, -0.2) is 48.9 Å². The van der Waals surface area contributed by atoms with Crippen LogP contribution in [0, 0.1) is 11.8 Å². The van der Waals surface area contributed by atoms with Crippen LogP contribution in [0.15, 0.2) is 24.3 Å². The van der Waals surface area contributed by atoms with Crippen LogP contribution in [0.4, 0.5) is 0 Å². The summed E-state index contributed by atoms with van der Waals surface area (Å²) in [5, 5.41) is 2.54. The average Bonchev–Trinajstić information content (AvgIpc) is 2.62. The number of amides is 2. The van der Waals surface area contributed by atoms with E-state index in [2.05, 4.69) is 39.9 Å². The minimum Gasteiger partial charge on any atom is -0.454 e. The molecular weight excluding hydrogens is 356 g/mol. The molecular formula is C22H32N2O4. The Morgan fingerprint density at radius 2 is 1.64 bits per heavy atom. The predicted molar refractivity (Wildman–Crippen MR) is 108 cm³/mol. The molecule has 2 amide bonds. The van der Waals surface area contributed by atoms with Crippen molar-refractivity contribution < 1.29 is 19.1 Å². The zero-order valence-electron chi connectivity index (χ0n) is 17.6. The second kappa shape index (κ2) is 9.22. The molecule has 1 N–H and O–H groups in total. The molecule has 1 aliphatic heterocycles. The van der Waals surface area contributed by atoms with Gasteiger partial charge < -0.3 is 15.0 Å². The summed E-state index contributed by atoms with van der Waals surface area (Å²) in [5.74, 6) is -0.246. The third kappa shape index (κ3) is 6.36. The largest absolute Gasteiger partial charge is 0.454 e. The van der Waals surface area contributed by atoms with Crippen molar-refractivity contribution in [1.82, 2.24) is 10.2 Å². The summed E-state index contributed by atoms with van der Waals surface area (Å²) in [4.78, 5) is 38.0. The molecule has 1 aromatic carbocycles. The summed E-state index contributed by atoms with van der Waals surface area (Å²) in [5.41, 5.74) is 1.62. The van der Waals surface area contributed by atoms with Gasteiger partial charge in [0.15, 0.2) is 6.61 Å². The molecule has 154 valence electrons. The van der Waals surface area contributed by atoms with Crippen LogP contribution >= 0.6 is 0 Å². The highest BCUT2D eigenvalue weighted by Crippen LogP contribution is 2.22. The van der Waals surface area contributed by atoms with Crippen molar-refractivity contribution in [2.24, 2.45) is 11.8 Å². The molecule has 1 aliphatic rings. The molecule has 28 heavy (non-hydrogen) atoms. The van der Waals surface area contributed by atoms with Crippen molar-refractivity contribution in [2.75, 3.05) is 26.2 Å². The first-order chi connectivity index (χ1) is 13.1. The molecule has 0 spiro atoms. The van der Waals surface area contributed by atoms with Gasteiger partial charge in [0, 0.05) is 18.7 Å². The first-order valence-electron chi connectivity index (χ1n) is 9.88. The van der Waals surface area contributed by atoms with E-state index in [0.29, 0.717) is 30.5 Å². The lowest BCUT2D eigenvalue weighted by Crippen LogP contribution is -2.44. The van der Waals surface area contributed by atoms with E-state index in [1.165, 1.54) is 0 Å². The van der Waals surface area contributed by atoms with Crippen molar-refractivity contribution in [3.8, 4) is 0 Å². The Bertz CT molecular complexity index is 696. The van der Waals surface area contributed by atoms with Gasteiger partial charge in [-0.25, -0.2) is 0 Å². The van der Waals surface area contributed by atoms with E-state index in [9.17, 15) is 14.4 Å². The fourth-order valence-electron chi connectivity index (χ4n) is 3.53. The Morgan fingerprint density at radius 1 is 1.07 bits per heavy atom. The first kappa shape index (κ1) is 21.9. The minimum absolute atomic E-state index is 0.00922. The molecule has 1 heterocycles. The summed E-state index contributed by atoms with van der Waals surface area (Å²) in [6.45, 7) is 11.4. The lowest BCUT2D eigenvalue weighted by Gasteiger charge is -2.34. The molecule has 0 radical (unpaired) electrons. The Morgan fingerprint density at radius 3 is 2.18 bits per heavy atom. The van der Waals surface area contributed by atoms with Crippen LogP contribution in [0.2, 0.25) is 0 Å². The number of piperidine rings is 1. The number of likely N-dealkylation sites (tertiary alicyclic amines) is 1. The highest BCUT2D eigenvalue weighted by Gasteiger charge is 2.26. The molecule has 0 aliphatic carbocycles. The smallest absolute Gasteiger partial charge is 0.325 e. The van der Waals surface area contributed by atoms with Crippen LogP contribution in [0.3, 0.4) is 0 Å². The van der Waals surface area contributed by atoms with Gasteiger partial charge in [0.05, 0.1) is 0 Å². The number of hydrogen-bond acceptors (Lipinski definition) is 4. The monoisotopic (exact) mass is 388 g/mol. The average molecular weight is 389 g/mol. The predicted octanol–water partition coefficient (Wildman–Crippen LogP) is 2.76. The summed E-state index contributed by atoms with van der Waals surface area (Å²) >= 11 is 0. The fourth-order valence-corrected chi connectivity index (χ4v) is 3.53. The lowest BCUT2D eigenvalue weighted by molar-refractivity contribution is -0.152. The van der Waals surface area contributed by atoms with Crippen molar-refractivity contribution in [2.45, 2.75) is 46.5 Å². The maximum atomic E-state index is 12.2. The number of carbonyl (C=O) groups excluding carboxylic acids is 3. The van der Waals surface area contributed by atoms with Crippen molar-refractivity contribution in [3.05, 3.63) is 35.4 Å². The molecule has 6 heteroatoms. The van der Waals surface area contributed by atoms with E-state index < -0.39 is 5.97 Å². The summed E-state index contributed by atoms with van der Waals surface area (Å²) < 4.78 is 5.03. The number of carbonyl (C=O) groups is 3. The van der Waals surface area contributed by atoms with Gasteiger partial charge in [-0.3, -0.25) is 14.4 Å². The highest BCUT2D eigenvalue weighted by atomic mass is 16.5. The van der Waals surface area contributed by atoms with Crippen LogP contribution in [0.1, 0.15) is 57.0 Å². The van der Waals surface area contributed by atoms with E-state index in [-0.39, 0.29) is 30.4 Å². The molecule has 1 saturated heterocycles. The Kier molecular flexibility index (Phi) is 7.22. The second-order valence-electron chi connectivity index (χ2n) is 8.92. The maximum absolute atomic E-state index is 12.2. The minimum atomic E-state index is -0.619. The molecule has 0 saturated carbocycles. The van der Waals surface area contributed by atoms with E-state index in [0.717, 1.165) is 12.0 Å². The molecule has 0 unspecified atom stereocenters. The number of rotatable bonds is 5. The van der Waals surface area contributed by atoms with Gasteiger partial charge in [0.2, 0.25) is 0 Å². The standard InChI is InChI=1S/C22H32N2O4/c1-15-10-16(2)13-24(12-15)19(25)14-28-20(26)11-23-21(27)17-6-8-18(9-7-17)22(3,4)5/h6-9,15-16H,10-14H2,1-5H3,(H,23,27)/t15-,16-/m1/s1. The lowest BCUT2D eigenvalue weighted by atomic mass is 9.87. The van der Waals surface area contributed by atoms with Gasteiger partial charge in [0.1, 0.15) is 6.54 Å². The fraction of sp³-hybridized carbons (Fsp3) is 0.591. The van der Waals surface area contributed by atoms with Gasteiger partial charge in [-0.1, -0.05) is 46.8 Å². The van der Waals surface area contributed by atoms with Gasteiger partial charge in [0.25, 0.3) is 11.8 Å². The van der Waals surface area contributed by atoms with Gasteiger partial charge in [-0.15, -0.1) is 0 Å². The maximum Gasteiger partial charge on any atom is 0.325 e.